The monoisotopic (exact) mass is 430 g/mol. The molecule has 2 aromatic carbocycles. The highest BCUT2D eigenvalue weighted by Gasteiger charge is 2.37. The minimum atomic E-state index is -5.10. The minimum absolute atomic E-state index is 0.0923. The van der Waals surface area contributed by atoms with Gasteiger partial charge in [0.15, 0.2) is 0 Å². The fraction of sp³-hybridized carbons (Fsp3) is 0.200. The molecule has 0 fully saturated rings. The number of nitrogens with one attached hydrogen (secondary N) is 1. The highest BCUT2D eigenvalue weighted by molar-refractivity contribution is 5.97. The molecule has 0 aliphatic heterocycles. The lowest BCUT2D eigenvalue weighted by molar-refractivity contribution is -0.143. The summed E-state index contributed by atoms with van der Waals surface area (Å²) >= 11 is 0. The first-order valence-corrected chi connectivity index (χ1v) is 8.49. The number of amides is 2. The highest BCUT2D eigenvalue weighted by Crippen LogP contribution is 2.36. The van der Waals surface area contributed by atoms with E-state index in [0.29, 0.717) is 0 Å². The van der Waals surface area contributed by atoms with Crippen LogP contribution < -0.4 is 11.1 Å². The summed E-state index contributed by atoms with van der Waals surface area (Å²) in [5.41, 5.74) is 1.80. The molecule has 0 unspecified atom stereocenters. The Kier molecular flexibility index (Phi) is 6.91. The molecule has 2 rings (SSSR count). The van der Waals surface area contributed by atoms with Crippen molar-refractivity contribution in [2.24, 2.45) is 5.73 Å². The van der Waals surface area contributed by atoms with Crippen molar-refractivity contribution in [3.63, 3.8) is 0 Å². The first kappa shape index (κ1) is 23.0. The minimum Gasteiger partial charge on any atom is -0.368 e. The van der Waals surface area contributed by atoms with Gasteiger partial charge in [-0.1, -0.05) is 42.5 Å². The normalized spacial score (nSPS) is 13.3. The summed E-state index contributed by atoms with van der Waals surface area (Å²) in [5, 5.41) is 2.08. The Hall–Kier alpha value is -3.30. The fourth-order valence-corrected chi connectivity index (χ4v) is 2.48. The second kappa shape index (κ2) is 9.02. The van der Waals surface area contributed by atoms with Gasteiger partial charge in [-0.15, -0.1) is 0 Å². The maximum atomic E-state index is 12.9. The Morgan fingerprint density at radius 3 is 1.93 bits per heavy atom. The summed E-state index contributed by atoms with van der Waals surface area (Å²) in [5.74, 6) is -2.28. The number of hydrogen-bond donors (Lipinski definition) is 2. The number of alkyl halides is 6. The number of carbonyl (C=O) groups excluding carboxylic acids is 2. The van der Waals surface area contributed by atoms with E-state index >= 15 is 0 Å². The Bertz CT molecular complexity index is 904. The predicted molar refractivity (Wildman–Crippen MR) is 97.0 cm³/mol. The van der Waals surface area contributed by atoms with E-state index in [-0.39, 0.29) is 24.6 Å². The quantitative estimate of drug-likeness (QED) is 0.667. The zero-order valence-electron chi connectivity index (χ0n) is 15.2. The first-order valence-electron chi connectivity index (χ1n) is 8.49. The van der Waals surface area contributed by atoms with Gasteiger partial charge < -0.3 is 11.1 Å². The number of rotatable bonds is 6. The first-order chi connectivity index (χ1) is 13.9. The van der Waals surface area contributed by atoms with E-state index in [1.165, 1.54) is 6.08 Å². The van der Waals surface area contributed by atoms with Gasteiger partial charge in [-0.25, -0.2) is 0 Å². The van der Waals surface area contributed by atoms with Crippen LogP contribution in [0.25, 0.3) is 6.08 Å². The molecule has 10 heteroatoms. The van der Waals surface area contributed by atoms with Gasteiger partial charge in [0, 0.05) is 5.56 Å². The van der Waals surface area contributed by atoms with E-state index < -0.39 is 46.9 Å². The molecule has 1 atom stereocenters. The molecule has 0 radical (unpaired) electrons. The SMILES string of the molecule is NC(=O)[C@@H](C/C=C/c1ccccc1)NC(=O)c1cc(C(F)(F)F)cc(C(F)(F)F)c1. The third kappa shape index (κ3) is 6.36. The van der Waals surface area contributed by atoms with E-state index in [4.69, 9.17) is 5.73 Å². The molecule has 160 valence electrons. The smallest absolute Gasteiger partial charge is 0.368 e. The van der Waals surface area contributed by atoms with E-state index in [0.717, 1.165) is 5.56 Å². The molecule has 30 heavy (non-hydrogen) atoms. The van der Waals surface area contributed by atoms with Gasteiger partial charge in [-0.05, 0) is 30.2 Å². The van der Waals surface area contributed by atoms with Crippen molar-refractivity contribution in [3.8, 4) is 0 Å². The van der Waals surface area contributed by atoms with E-state index in [2.05, 4.69) is 5.32 Å². The van der Waals surface area contributed by atoms with Crippen molar-refractivity contribution in [2.45, 2.75) is 24.8 Å². The van der Waals surface area contributed by atoms with Crippen LogP contribution in [0.2, 0.25) is 0 Å². The van der Waals surface area contributed by atoms with Crippen LogP contribution in [-0.4, -0.2) is 17.9 Å². The zero-order valence-corrected chi connectivity index (χ0v) is 15.2. The summed E-state index contributed by atoms with van der Waals surface area (Å²) in [6.45, 7) is 0. The topological polar surface area (TPSA) is 72.2 Å². The molecule has 2 amide bonds. The summed E-state index contributed by atoms with van der Waals surface area (Å²) in [4.78, 5) is 23.8. The van der Waals surface area contributed by atoms with Crippen molar-refractivity contribution < 1.29 is 35.9 Å². The lowest BCUT2D eigenvalue weighted by Crippen LogP contribution is -2.44. The number of benzene rings is 2. The second-order valence-electron chi connectivity index (χ2n) is 6.27. The van der Waals surface area contributed by atoms with Gasteiger partial charge in [0.2, 0.25) is 5.91 Å². The van der Waals surface area contributed by atoms with Gasteiger partial charge >= 0.3 is 12.4 Å². The van der Waals surface area contributed by atoms with Crippen molar-refractivity contribution >= 4 is 17.9 Å². The molecule has 0 saturated carbocycles. The van der Waals surface area contributed by atoms with Gasteiger partial charge in [0.05, 0.1) is 11.1 Å². The number of primary amides is 1. The van der Waals surface area contributed by atoms with Crippen LogP contribution in [0.15, 0.2) is 54.6 Å². The molecule has 4 nitrogen and oxygen atoms in total. The largest absolute Gasteiger partial charge is 0.416 e. The van der Waals surface area contributed by atoms with E-state index in [1.807, 2.05) is 0 Å². The number of carbonyl (C=O) groups is 2. The highest BCUT2D eigenvalue weighted by atomic mass is 19.4. The Balaban J connectivity index is 2.24. The van der Waals surface area contributed by atoms with E-state index in [1.54, 1.807) is 36.4 Å². The molecule has 0 spiro atoms. The molecule has 0 aliphatic carbocycles. The van der Waals surface area contributed by atoms with Crippen LogP contribution >= 0.6 is 0 Å². The van der Waals surface area contributed by atoms with E-state index in [9.17, 15) is 35.9 Å². The molecule has 0 saturated heterocycles. The maximum absolute atomic E-state index is 12.9. The van der Waals surface area contributed by atoms with Crippen LogP contribution in [0.4, 0.5) is 26.3 Å². The fourth-order valence-electron chi connectivity index (χ4n) is 2.48. The molecular formula is C20H16F6N2O2. The third-order valence-electron chi connectivity index (χ3n) is 3.98. The standard InChI is InChI=1S/C20H16F6N2O2/c21-19(22,23)14-9-13(10-15(11-14)20(24,25)26)18(30)28-16(17(27)29)8-4-7-12-5-2-1-3-6-12/h1-7,9-11,16H,8H2,(H2,27,29)(H,28,30)/b7-4+/t16-/m1/s1. The molecular weight excluding hydrogens is 414 g/mol. The summed E-state index contributed by atoms with van der Waals surface area (Å²) in [7, 11) is 0. The van der Waals surface area contributed by atoms with Gasteiger partial charge in [0.25, 0.3) is 5.91 Å². The number of halogens is 6. The molecule has 2 aromatic rings. The third-order valence-corrected chi connectivity index (χ3v) is 3.98. The summed E-state index contributed by atoms with van der Waals surface area (Å²) in [6.07, 6.45) is -7.19. The maximum Gasteiger partial charge on any atom is 0.416 e. The van der Waals surface area contributed by atoms with Crippen LogP contribution in [0.1, 0.15) is 33.5 Å². The van der Waals surface area contributed by atoms with Gasteiger partial charge in [-0.2, -0.15) is 26.3 Å². The van der Waals surface area contributed by atoms with Crippen LogP contribution in [0.3, 0.4) is 0 Å². The number of nitrogens with two attached hydrogens (primary N) is 1. The molecule has 0 heterocycles. The Morgan fingerprint density at radius 1 is 0.933 bits per heavy atom. The van der Waals surface area contributed by atoms with Gasteiger partial charge in [0.1, 0.15) is 6.04 Å². The summed E-state index contributed by atoms with van der Waals surface area (Å²) < 4.78 is 77.6. The van der Waals surface area contributed by atoms with Crippen LogP contribution in [0.5, 0.6) is 0 Å². The average molecular weight is 430 g/mol. The van der Waals surface area contributed by atoms with Gasteiger partial charge in [-0.3, -0.25) is 9.59 Å². The average Bonchev–Trinajstić information content (AvgIpc) is 2.66. The predicted octanol–water partition coefficient (Wildman–Crippen LogP) is 4.41. The van der Waals surface area contributed by atoms with Crippen LogP contribution in [0, 0.1) is 0 Å². The van der Waals surface area contributed by atoms with Crippen molar-refractivity contribution in [1.29, 1.82) is 0 Å². The molecule has 0 bridgehead atoms. The van der Waals surface area contributed by atoms with Crippen molar-refractivity contribution in [2.75, 3.05) is 0 Å². The lowest BCUT2D eigenvalue weighted by Gasteiger charge is -2.17. The molecule has 0 aromatic heterocycles. The van der Waals surface area contributed by atoms with Crippen molar-refractivity contribution in [1.82, 2.24) is 5.32 Å². The Morgan fingerprint density at radius 2 is 1.47 bits per heavy atom. The van der Waals surface area contributed by atoms with Crippen molar-refractivity contribution in [3.05, 3.63) is 76.9 Å². The molecule has 3 N–H and O–H groups in total. The Labute approximate surface area is 167 Å². The van der Waals surface area contributed by atoms with Crippen LogP contribution in [-0.2, 0) is 17.1 Å². The second-order valence-corrected chi connectivity index (χ2v) is 6.27. The lowest BCUT2D eigenvalue weighted by atomic mass is 10.0. The number of hydrogen-bond acceptors (Lipinski definition) is 2. The summed E-state index contributed by atoms with van der Waals surface area (Å²) in [6, 6.07) is 7.97. The molecule has 0 aliphatic rings. The zero-order chi connectivity index (χ0) is 22.5.